The SMILES string of the molecule is CC[C@H]1COC(=O)N1c1nc(C)nc(NC2(c3cc4cc(OC)c(OC)cc4[nH]c3=O)CC2)n1. The zero-order valence-electron chi connectivity index (χ0n) is 19.5. The molecule has 11 heteroatoms. The number of ether oxygens (including phenoxy) is 3. The Labute approximate surface area is 195 Å². The van der Waals surface area contributed by atoms with E-state index in [1.807, 2.05) is 19.1 Å². The highest BCUT2D eigenvalue weighted by Crippen LogP contribution is 2.47. The van der Waals surface area contributed by atoms with E-state index in [9.17, 15) is 9.59 Å². The van der Waals surface area contributed by atoms with Crippen LogP contribution in [0.2, 0.25) is 0 Å². The lowest BCUT2D eigenvalue weighted by Crippen LogP contribution is -2.35. The third-order valence-corrected chi connectivity index (χ3v) is 6.35. The highest BCUT2D eigenvalue weighted by atomic mass is 16.6. The summed E-state index contributed by atoms with van der Waals surface area (Å²) in [5, 5.41) is 4.16. The largest absolute Gasteiger partial charge is 0.493 e. The minimum absolute atomic E-state index is 0.132. The van der Waals surface area contributed by atoms with Gasteiger partial charge < -0.3 is 24.5 Å². The van der Waals surface area contributed by atoms with E-state index >= 15 is 0 Å². The molecule has 1 aromatic carbocycles. The number of cyclic esters (lactones) is 1. The maximum Gasteiger partial charge on any atom is 0.417 e. The predicted molar refractivity (Wildman–Crippen MR) is 125 cm³/mol. The van der Waals surface area contributed by atoms with Crippen molar-refractivity contribution in [2.45, 2.75) is 44.7 Å². The minimum atomic E-state index is -0.615. The summed E-state index contributed by atoms with van der Waals surface area (Å²) in [7, 11) is 3.12. The van der Waals surface area contributed by atoms with Crippen LogP contribution in [0.1, 0.15) is 37.6 Å². The van der Waals surface area contributed by atoms with Gasteiger partial charge in [0.1, 0.15) is 12.4 Å². The van der Waals surface area contributed by atoms with Gasteiger partial charge in [0.25, 0.3) is 5.56 Å². The van der Waals surface area contributed by atoms with Crippen LogP contribution in [0.4, 0.5) is 16.7 Å². The Morgan fingerprint density at radius 2 is 1.88 bits per heavy atom. The number of benzene rings is 1. The van der Waals surface area contributed by atoms with Crippen LogP contribution >= 0.6 is 0 Å². The molecule has 1 aliphatic heterocycles. The van der Waals surface area contributed by atoms with Gasteiger partial charge in [-0.3, -0.25) is 4.79 Å². The van der Waals surface area contributed by atoms with Gasteiger partial charge in [-0.2, -0.15) is 15.0 Å². The summed E-state index contributed by atoms with van der Waals surface area (Å²) in [4.78, 5) is 43.0. The van der Waals surface area contributed by atoms with Gasteiger partial charge in [0, 0.05) is 17.0 Å². The molecule has 2 fully saturated rings. The van der Waals surface area contributed by atoms with Crippen LogP contribution in [0.5, 0.6) is 11.5 Å². The number of rotatable bonds is 7. The van der Waals surface area contributed by atoms with E-state index in [2.05, 4.69) is 25.3 Å². The van der Waals surface area contributed by atoms with Crippen molar-refractivity contribution in [3.8, 4) is 11.5 Å². The van der Waals surface area contributed by atoms with Crippen molar-refractivity contribution in [3.05, 3.63) is 39.9 Å². The topological polar surface area (TPSA) is 132 Å². The summed E-state index contributed by atoms with van der Waals surface area (Å²) >= 11 is 0. The number of fused-ring (bicyclic) bond motifs is 1. The second-order valence-corrected chi connectivity index (χ2v) is 8.53. The van der Waals surface area contributed by atoms with Gasteiger partial charge in [0.2, 0.25) is 11.9 Å². The fourth-order valence-corrected chi connectivity index (χ4v) is 4.33. The molecule has 1 atom stereocenters. The van der Waals surface area contributed by atoms with E-state index in [1.54, 1.807) is 27.2 Å². The van der Waals surface area contributed by atoms with Crippen molar-refractivity contribution in [2.24, 2.45) is 0 Å². The van der Waals surface area contributed by atoms with E-state index in [-0.39, 0.29) is 17.5 Å². The number of hydrogen-bond donors (Lipinski definition) is 2. The van der Waals surface area contributed by atoms with Crippen LogP contribution in [0, 0.1) is 6.92 Å². The number of carbonyl (C=O) groups is 1. The first kappa shape index (κ1) is 21.9. The molecule has 2 aromatic heterocycles. The molecule has 2 aliphatic rings. The summed E-state index contributed by atoms with van der Waals surface area (Å²) in [6, 6.07) is 5.30. The number of amides is 1. The molecule has 11 nitrogen and oxygen atoms in total. The average Bonchev–Trinajstić information content (AvgIpc) is 3.49. The molecule has 0 bridgehead atoms. The van der Waals surface area contributed by atoms with Gasteiger partial charge in [-0.05, 0) is 38.3 Å². The molecule has 1 aliphatic carbocycles. The lowest BCUT2D eigenvalue weighted by Gasteiger charge is -2.21. The molecule has 0 unspecified atom stereocenters. The number of carbonyl (C=O) groups excluding carboxylic acids is 1. The average molecular weight is 466 g/mol. The molecule has 1 amide bonds. The van der Waals surface area contributed by atoms with Crippen molar-refractivity contribution < 1.29 is 19.0 Å². The Morgan fingerprint density at radius 1 is 1.15 bits per heavy atom. The Hall–Kier alpha value is -3.89. The summed E-state index contributed by atoms with van der Waals surface area (Å²) in [5.74, 6) is 2.12. The highest BCUT2D eigenvalue weighted by molar-refractivity contribution is 5.88. The number of hydrogen-bond acceptors (Lipinski definition) is 9. The van der Waals surface area contributed by atoms with E-state index in [1.165, 1.54) is 4.90 Å². The summed E-state index contributed by atoms with van der Waals surface area (Å²) in [6.45, 7) is 4.01. The van der Waals surface area contributed by atoms with E-state index in [4.69, 9.17) is 14.2 Å². The lowest BCUT2D eigenvalue weighted by molar-refractivity contribution is 0.178. The number of aromatic amines is 1. The molecule has 0 spiro atoms. The van der Waals surface area contributed by atoms with Gasteiger partial charge in [-0.15, -0.1) is 0 Å². The minimum Gasteiger partial charge on any atom is -0.493 e. The quantitative estimate of drug-likeness (QED) is 0.539. The van der Waals surface area contributed by atoms with Crippen LogP contribution < -0.4 is 25.2 Å². The molecule has 5 rings (SSSR count). The molecular weight excluding hydrogens is 440 g/mol. The summed E-state index contributed by atoms with van der Waals surface area (Å²) < 4.78 is 15.9. The highest BCUT2D eigenvalue weighted by Gasteiger charge is 2.47. The fourth-order valence-electron chi connectivity index (χ4n) is 4.33. The molecule has 3 heterocycles. The molecule has 3 aromatic rings. The molecule has 178 valence electrons. The Bertz CT molecular complexity index is 1340. The molecule has 0 radical (unpaired) electrons. The Morgan fingerprint density at radius 3 is 2.56 bits per heavy atom. The van der Waals surface area contributed by atoms with Crippen LogP contribution in [0.15, 0.2) is 23.0 Å². The second kappa shape index (κ2) is 8.15. The first-order chi connectivity index (χ1) is 16.4. The maximum absolute atomic E-state index is 13.0. The zero-order chi connectivity index (χ0) is 24.0. The molecule has 1 saturated heterocycles. The lowest BCUT2D eigenvalue weighted by atomic mass is 10.0. The molecule has 34 heavy (non-hydrogen) atoms. The third-order valence-electron chi connectivity index (χ3n) is 6.35. The molecular formula is C23H26N6O5. The smallest absolute Gasteiger partial charge is 0.417 e. The number of aromatic nitrogens is 4. The predicted octanol–water partition coefficient (Wildman–Crippen LogP) is 2.88. The van der Waals surface area contributed by atoms with Crippen molar-refractivity contribution in [1.82, 2.24) is 19.9 Å². The third kappa shape index (κ3) is 3.66. The van der Waals surface area contributed by atoms with E-state index < -0.39 is 11.6 Å². The normalized spacial score (nSPS) is 18.6. The number of methoxy groups -OCH3 is 2. The van der Waals surface area contributed by atoms with Gasteiger partial charge >= 0.3 is 6.09 Å². The monoisotopic (exact) mass is 466 g/mol. The first-order valence-corrected chi connectivity index (χ1v) is 11.1. The van der Waals surface area contributed by atoms with Crippen LogP contribution in [-0.2, 0) is 10.3 Å². The fraction of sp³-hybridized carbons (Fsp3) is 0.435. The summed E-state index contributed by atoms with van der Waals surface area (Å²) in [5.41, 5.74) is 0.415. The van der Waals surface area contributed by atoms with Crippen LogP contribution in [0.25, 0.3) is 10.9 Å². The van der Waals surface area contributed by atoms with Crippen molar-refractivity contribution in [3.63, 3.8) is 0 Å². The Kier molecular flexibility index (Phi) is 5.26. The first-order valence-electron chi connectivity index (χ1n) is 11.1. The standard InChI is InChI=1S/C23H26N6O5/c1-5-14-11-34-22(31)29(14)21-25-12(2)24-20(27-21)28-23(6-7-23)15-8-13-9-17(32-3)18(33-4)10-16(13)26-19(15)30/h8-10,14H,5-7,11H2,1-4H3,(H,26,30)(H,24,25,27,28)/t14-/m0/s1. The van der Waals surface area contributed by atoms with Gasteiger partial charge in [-0.1, -0.05) is 6.92 Å². The number of anilines is 2. The maximum atomic E-state index is 13.0. The molecule has 2 N–H and O–H groups in total. The van der Waals surface area contributed by atoms with Gasteiger partial charge in [-0.25, -0.2) is 9.69 Å². The number of aryl methyl sites for hydroxylation is 1. The van der Waals surface area contributed by atoms with Gasteiger partial charge in [0.05, 0.1) is 31.3 Å². The second-order valence-electron chi connectivity index (χ2n) is 8.53. The summed E-state index contributed by atoms with van der Waals surface area (Å²) in [6.07, 6.45) is 1.71. The van der Waals surface area contributed by atoms with E-state index in [0.29, 0.717) is 47.4 Å². The Balaban J connectivity index is 1.51. The van der Waals surface area contributed by atoms with Gasteiger partial charge in [0.15, 0.2) is 11.5 Å². The number of pyridine rings is 1. The zero-order valence-corrected chi connectivity index (χ0v) is 19.5. The van der Waals surface area contributed by atoms with Crippen molar-refractivity contribution >= 4 is 28.9 Å². The number of H-pyrrole nitrogens is 1. The number of nitrogens with one attached hydrogen (secondary N) is 2. The van der Waals surface area contributed by atoms with Crippen molar-refractivity contribution in [2.75, 3.05) is 31.0 Å². The molecule has 1 saturated carbocycles. The van der Waals surface area contributed by atoms with Crippen molar-refractivity contribution in [1.29, 1.82) is 0 Å². The van der Waals surface area contributed by atoms with Crippen LogP contribution in [0.3, 0.4) is 0 Å². The van der Waals surface area contributed by atoms with E-state index in [0.717, 1.165) is 18.2 Å². The number of nitrogens with zero attached hydrogens (tertiary/aromatic N) is 4. The van der Waals surface area contributed by atoms with Crippen LogP contribution in [-0.4, -0.2) is 52.9 Å².